The number of nitrogens with zero attached hydrogens (tertiary/aromatic N) is 1. The molecular formula is C27H23Cl2NO4S. The summed E-state index contributed by atoms with van der Waals surface area (Å²) in [5.74, 6) is 1.11. The van der Waals surface area contributed by atoms with Gasteiger partial charge in [-0.2, -0.15) is 0 Å². The molecule has 3 aromatic carbocycles. The maximum absolute atomic E-state index is 12.8. The van der Waals surface area contributed by atoms with Crippen molar-refractivity contribution in [3.63, 3.8) is 0 Å². The fourth-order valence-electron chi connectivity index (χ4n) is 3.41. The monoisotopic (exact) mass is 527 g/mol. The van der Waals surface area contributed by atoms with Gasteiger partial charge in [-0.05, 0) is 84.3 Å². The topological polar surface area (TPSA) is 55.8 Å². The number of ether oxygens (including phenoxy) is 2. The Morgan fingerprint density at radius 3 is 2.43 bits per heavy atom. The van der Waals surface area contributed by atoms with E-state index in [-0.39, 0.29) is 24.3 Å². The molecule has 1 fully saturated rings. The second kappa shape index (κ2) is 11.2. The normalized spacial score (nSPS) is 14.6. The lowest BCUT2D eigenvalue weighted by atomic mass is 10.1. The molecule has 5 nitrogen and oxygen atoms in total. The molecule has 0 unspecified atom stereocenters. The number of hydrogen-bond donors (Lipinski definition) is 0. The third-order valence-electron chi connectivity index (χ3n) is 5.36. The molecule has 35 heavy (non-hydrogen) atoms. The first kappa shape index (κ1) is 25.2. The summed E-state index contributed by atoms with van der Waals surface area (Å²) in [7, 11) is 0. The van der Waals surface area contributed by atoms with E-state index in [1.807, 2.05) is 62.4 Å². The predicted octanol–water partition coefficient (Wildman–Crippen LogP) is 7.30. The molecule has 0 radical (unpaired) electrons. The zero-order valence-electron chi connectivity index (χ0n) is 19.2. The van der Waals surface area contributed by atoms with Gasteiger partial charge in [-0.25, -0.2) is 0 Å². The fraction of sp³-hybridized carbons (Fsp3) is 0.185. The molecule has 1 heterocycles. The number of halogens is 2. The van der Waals surface area contributed by atoms with Crippen LogP contribution >= 0.6 is 35.0 Å². The van der Waals surface area contributed by atoms with Crippen LogP contribution in [-0.4, -0.2) is 29.2 Å². The third kappa shape index (κ3) is 6.40. The molecule has 1 aliphatic rings. The van der Waals surface area contributed by atoms with Gasteiger partial charge in [0.05, 0.1) is 21.5 Å². The van der Waals surface area contributed by atoms with E-state index in [2.05, 4.69) is 0 Å². The minimum Gasteiger partial charge on any atom is -0.491 e. The highest BCUT2D eigenvalue weighted by Crippen LogP contribution is 2.32. The van der Waals surface area contributed by atoms with Crippen LogP contribution in [0.5, 0.6) is 11.5 Å². The van der Waals surface area contributed by atoms with Gasteiger partial charge in [-0.3, -0.25) is 14.5 Å². The van der Waals surface area contributed by atoms with Crippen molar-refractivity contribution >= 4 is 52.2 Å². The second-order valence-corrected chi connectivity index (χ2v) is 9.86. The molecule has 0 N–H and O–H groups in total. The largest absolute Gasteiger partial charge is 0.491 e. The van der Waals surface area contributed by atoms with Crippen LogP contribution in [0.15, 0.2) is 65.6 Å². The van der Waals surface area contributed by atoms with Crippen LogP contribution in [0.3, 0.4) is 0 Å². The Morgan fingerprint density at radius 1 is 0.914 bits per heavy atom. The van der Waals surface area contributed by atoms with E-state index >= 15 is 0 Å². The van der Waals surface area contributed by atoms with E-state index in [0.29, 0.717) is 27.3 Å². The quantitative estimate of drug-likeness (QED) is 0.287. The lowest BCUT2D eigenvalue weighted by molar-refractivity contribution is -0.123. The highest BCUT2D eigenvalue weighted by atomic mass is 35.5. The van der Waals surface area contributed by atoms with Gasteiger partial charge < -0.3 is 9.47 Å². The average molecular weight is 528 g/mol. The standard InChI is InChI=1S/C27H23Cl2NO4S/c1-17-3-4-18(2)24(13-17)33-12-11-30-26(31)25(35-27(30)32)15-19-5-8-21(9-6-19)34-16-20-7-10-22(28)23(29)14-20/h3-10,13-15H,11-12,16H2,1-2H3/b25-15-. The second-order valence-electron chi connectivity index (χ2n) is 8.06. The molecule has 0 atom stereocenters. The lowest BCUT2D eigenvalue weighted by Crippen LogP contribution is -2.32. The van der Waals surface area contributed by atoms with E-state index in [9.17, 15) is 9.59 Å². The molecule has 180 valence electrons. The molecule has 4 rings (SSSR count). The van der Waals surface area contributed by atoms with Crippen molar-refractivity contribution in [3.05, 3.63) is 97.9 Å². The Hall–Kier alpha value is -2.93. The number of thioether (sulfide) groups is 1. The summed E-state index contributed by atoms with van der Waals surface area (Å²) in [5.41, 5.74) is 3.79. The maximum Gasteiger partial charge on any atom is 0.293 e. The van der Waals surface area contributed by atoms with Gasteiger partial charge in [-0.15, -0.1) is 0 Å². The number of rotatable bonds is 8. The molecule has 0 bridgehead atoms. The number of carbonyl (C=O) groups is 2. The Morgan fingerprint density at radius 2 is 1.69 bits per heavy atom. The van der Waals surface area contributed by atoms with Crippen LogP contribution in [-0.2, 0) is 11.4 Å². The van der Waals surface area contributed by atoms with Crippen molar-refractivity contribution < 1.29 is 19.1 Å². The van der Waals surface area contributed by atoms with Crippen molar-refractivity contribution in [2.75, 3.05) is 13.2 Å². The number of imide groups is 1. The van der Waals surface area contributed by atoms with Crippen LogP contribution in [0.2, 0.25) is 10.0 Å². The fourth-order valence-corrected chi connectivity index (χ4v) is 4.60. The molecule has 0 aliphatic carbocycles. The highest BCUT2D eigenvalue weighted by molar-refractivity contribution is 8.18. The van der Waals surface area contributed by atoms with Gasteiger partial charge in [0.2, 0.25) is 0 Å². The lowest BCUT2D eigenvalue weighted by Gasteiger charge is -2.14. The number of benzene rings is 3. The Bertz CT molecular complexity index is 1290. The molecule has 8 heteroatoms. The van der Waals surface area contributed by atoms with E-state index in [1.165, 1.54) is 4.90 Å². The number of carbonyl (C=O) groups excluding carboxylic acids is 2. The maximum atomic E-state index is 12.8. The van der Waals surface area contributed by atoms with Crippen LogP contribution in [0.25, 0.3) is 6.08 Å². The number of aryl methyl sites for hydroxylation is 2. The average Bonchev–Trinajstić information content (AvgIpc) is 3.10. The van der Waals surface area contributed by atoms with Gasteiger partial charge in [0.1, 0.15) is 24.7 Å². The van der Waals surface area contributed by atoms with Gasteiger partial charge >= 0.3 is 0 Å². The Kier molecular flexibility index (Phi) is 8.06. The van der Waals surface area contributed by atoms with Gasteiger partial charge in [0, 0.05) is 0 Å². The van der Waals surface area contributed by atoms with Crippen LogP contribution < -0.4 is 9.47 Å². The molecule has 2 amide bonds. The third-order valence-corrected chi connectivity index (χ3v) is 7.00. The molecule has 0 saturated carbocycles. The Labute approximate surface area is 218 Å². The van der Waals surface area contributed by atoms with Crippen molar-refractivity contribution in [3.8, 4) is 11.5 Å². The highest BCUT2D eigenvalue weighted by Gasteiger charge is 2.34. The number of amides is 2. The summed E-state index contributed by atoms with van der Waals surface area (Å²) in [6.07, 6.45) is 1.71. The minimum absolute atomic E-state index is 0.191. The first-order valence-corrected chi connectivity index (χ1v) is 12.5. The molecule has 0 aromatic heterocycles. The van der Waals surface area contributed by atoms with Crippen LogP contribution in [0.1, 0.15) is 22.3 Å². The van der Waals surface area contributed by atoms with Gasteiger partial charge in [0.15, 0.2) is 0 Å². The SMILES string of the molecule is Cc1ccc(C)c(OCCN2C(=O)S/C(=C\c3ccc(OCc4ccc(Cl)c(Cl)c4)cc3)C2=O)c1. The van der Waals surface area contributed by atoms with E-state index in [1.54, 1.807) is 18.2 Å². The summed E-state index contributed by atoms with van der Waals surface area (Å²) in [6.45, 7) is 4.72. The van der Waals surface area contributed by atoms with E-state index in [0.717, 1.165) is 39.8 Å². The molecule has 3 aromatic rings. The van der Waals surface area contributed by atoms with Gasteiger partial charge in [-0.1, -0.05) is 53.5 Å². The van der Waals surface area contributed by atoms with Crippen molar-refractivity contribution in [1.82, 2.24) is 4.90 Å². The predicted molar refractivity (Wildman–Crippen MR) is 141 cm³/mol. The van der Waals surface area contributed by atoms with Gasteiger partial charge in [0.25, 0.3) is 11.1 Å². The van der Waals surface area contributed by atoms with Crippen LogP contribution in [0, 0.1) is 13.8 Å². The van der Waals surface area contributed by atoms with E-state index < -0.39 is 0 Å². The first-order valence-electron chi connectivity index (χ1n) is 10.9. The summed E-state index contributed by atoms with van der Waals surface area (Å²) >= 11 is 12.9. The molecule has 1 saturated heterocycles. The summed E-state index contributed by atoms with van der Waals surface area (Å²) in [5, 5.41) is 0.680. The zero-order valence-corrected chi connectivity index (χ0v) is 21.5. The Balaban J connectivity index is 1.33. The van der Waals surface area contributed by atoms with Crippen molar-refractivity contribution in [1.29, 1.82) is 0 Å². The number of hydrogen-bond acceptors (Lipinski definition) is 5. The van der Waals surface area contributed by atoms with Crippen molar-refractivity contribution in [2.45, 2.75) is 20.5 Å². The van der Waals surface area contributed by atoms with Crippen LogP contribution in [0.4, 0.5) is 4.79 Å². The molecule has 0 spiro atoms. The molecule has 1 aliphatic heterocycles. The first-order chi connectivity index (χ1) is 16.8. The smallest absolute Gasteiger partial charge is 0.293 e. The molecular weight excluding hydrogens is 505 g/mol. The van der Waals surface area contributed by atoms with Crippen molar-refractivity contribution in [2.24, 2.45) is 0 Å². The van der Waals surface area contributed by atoms with E-state index in [4.69, 9.17) is 32.7 Å². The minimum atomic E-state index is -0.315. The zero-order chi connectivity index (χ0) is 24.9. The summed E-state index contributed by atoms with van der Waals surface area (Å²) in [4.78, 5) is 26.8. The summed E-state index contributed by atoms with van der Waals surface area (Å²) in [6, 6.07) is 18.6. The summed E-state index contributed by atoms with van der Waals surface area (Å²) < 4.78 is 11.6.